The normalized spacial score (nSPS) is 12.7. The molecule has 0 aromatic heterocycles. The van der Waals surface area contributed by atoms with Crippen LogP contribution in [-0.4, -0.2) is 25.0 Å². The van der Waals surface area contributed by atoms with E-state index in [4.69, 9.17) is 9.47 Å². The second-order valence-electron chi connectivity index (χ2n) is 7.92. The molecule has 1 aliphatic rings. The number of rotatable bonds is 8. The summed E-state index contributed by atoms with van der Waals surface area (Å²) >= 11 is 0. The standard InChI is InChI=1S/C26H26N2O4/c1-17-5-3-6-18(13-17)16-32-22-8-4-7-19(14-22)25(29)28-24-12-11-21(31-2)15-23(24)26(30)27-20-9-10-20/h3-8,11-15,20H,9-10,16H2,1-2H3,(H,27,30)(H,28,29). The van der Waals surface area contributed by atoms with Crippen molar-refractivity contribution in [3.8, 4) is 11.5 Å². The lowest BCUT2D eigenvalue weighted by Crippen LogP contribution is -2.27. The smallest absolute Gasteiger partial charge is 0.255 e. The molecule has 0 aliphatic heterocycles. The van der Waals surface area contributed by atoms with Crippen LogP contribution < -0.4 is 20.1 Å². The SMILES string of the molecule is COc1ccc(NC(=O)c2cccc(OCc3cccc(C)c3)c2)c(C(=O)NC2CC2)c1. The van der Waals surface area contributed by atoms with Crippen LogP contribution in [0.5, 0.6) is 11.5 Å². The second-order valence-corrected chi connectivity index (χ2v) is 7.92. The van der Waals surface area contributed by atoms with Crippen molar-refractivity contribution >= 4 is 17.5 Å². The molecule has 0 spiro atoms. The van der Waals surface area contributed by atoms with Gasteiger partial charge in [-0.3, -0.25) is 9.59 Å². The number of methoxy groups -OCH3 is 1. The Bertz CT molecular complexity index is 1140. The second kappa shape index (κ2) is 9.56. The zero-order chi connectivity index (χ0) is 22.5. The number of ether oxygens (including phenoxy) is 2. The summed E-state index contributed by atoms with van der Waals surface area (Å²) in [5, 5.41) is 5.80. The average molecular weight is 431 g/mol. The van der Waals surface area contributed by atoms with Crippen LogP contribution in [-0.2, 0) is 6.61 Å². The molecular formula is C26H26N2O4. The van der Waals surface area contributed by atoms with E-state index in [9.17, 15) is 9.59 Å². The molecule has 0 bridgehead atoms. The molecule has 1 saturated carbocycles. The van der Waals surface area contributed by atoms with E-state index >= 15 is 0 Å². The average Bonchev–Trinajstić information content (AvgIpc) is 3.62. The number of benzene rings is 3. The molecule has 0 saturated heterocycles. The molecule has 1 aliphatic carbocycles. The maximum Gasteiger partial charge on any atom is 0.255 e. The Morgan fingerprint density at radius 2 is 1.75 bits per heavy atom. The summed E-state index contributed by atoms with van der Waals surface area (Å²) < 4.78 is 11.1. The first-order valence-corrected chi connectivity index (χ1v) is 10.6. The monoisotopic (exact) mass is 430 g/mol. The highest BCUT2D eigenvalue weighted by atomic mass is 16.5. The van der Waals surface area contributed by atoms with Gasteiger partial charge in [0.25, 0.3) is 11.8 Å². The van der Waals surface area contributed by atoms with Gasteiger partial charge in [-0.25, -0.2) is 0 Å². The summed E-state index contributed by atoms with van der Waals surface area (Å²) in [5.41, 5.74) is 3.47. The largest absolute Gasteiger partial charge is 0.497 e. The molecule has 1 fully saturated rings. The van der Waals surface area contributed by atoms with Crippen LogP contribution in [0, 0.1) is 6.92 Å². The number of aryl methyl sites for hydroxylation is 1. The first-order valence-electron chi connectivity index (χ1n) is 10.6. The third-order valence-electron chi connectivity index (χ3n) is 5.22. The molecule has 4 rings (SSSR count). The number of amides is 2. The lowest BCUT2D eigenvalue weighted by atomic mass is 10.1. The number of nitrogens with one attached hydrogen (secondary N) is 2. The molecule has 2 amide bonds. The van der Waals surface area contributed by atoms with Crippen molar-refractivity contribution in [2.24, 2.45) is 0 Å². The topological polar surface area (TPSA) is 76.7 Å². The van der Waals surface area contributed by atoms with Gasteiger partial charge in [-0.05, 0) is 61.7 Å². The lowest BCUT2D eigenvalue weighted by molar-refractivity contribution is 0.0951. The Labute approximate surface area is 187 Å². The highest BCUT2D eigenvalue weighted by molar-refractivity contribution is 6.09. The van der Waals surface area contributed by atoms with E-state index in [-0.39, 0.29) is 17.9 Å². The Morgan fingerprint density at radius 3 is 2.50 bits per heavy atom. The van der Waals surface area contributed by atoms with Gasteiger partial charge in [-0.2, -0.15) is 0 Å². The molecule has 0 unspecified atom stereocenters. The maximum absolute atomic E-state index is 12.9. The fraction of sp³-hybridized carbons (Fsp3) is 0.231. The van der Waals surface area contributed by atoms with Crippen LogP contribution in [0.25, 0.3) is 0 Å². The van der Waals surface area contributed by atoms with E-state index in [0.29, 0.717) is 34.9 Å². The lowest BCUT2D eigenvalue weighted by Gasteiger charge is -2.13. The minimum atomic E-state index is -0.323. The molecule has 0 atom stereocenters. The highest BCUT2D eigenvalue weighted by Gasteiger charge is 2.25. The summed E-state index contributed by atoms with van der Waals surface area (Å²) in [6.45, 7) is 2.45. The molecule has 3 aromatic carbocycles. The molecule has 164 valence electrons. The van der Waals surface area contributed by atoms with E-state index in [1.807, 2.05) is 31.2 Å². The fourth-order valence-electron chi connectivity index (χ4n) is 3.33. The van der Waals surface area contributed by atoms with Crippen molar-refractivity contribution in [3.05, 3.63) is 89.0 Å². The Morgan fingerprint density at radius 1 is 0.938 bits per heavy atom. The van der Waals surface area contributed by atoms with Gasteiger partial charge in [0, 0.05) is 11.6 Å². The first-order chi connectivity index (χ1) is 15.5. The van der Waals surface area contributed by atoms with Gasteiger partial charge in [0.05, 0.1) is 18.4 Å². The zero-order valence-corrected chi connectivity index (χ0v) is 18.2. The minimum Gasteiger partial charge on any atom is -0.497 e. The highest BCUT2D eigenvalue weighted by Crippen LogP contribution is 2.26. The van der Waals surface area contributed by atoms with Crippen LogP contribution in [0.15, 0.2) is 66.7 Å². The molecule has 0 heterocycles. The van der Waals surface area contributed by atoms with Gasteiger partial charge < -0.3 is 20.1 Å². The van der Waals surface area contributed by atoms with Gasteiger partial charge >= 0.3 is 0 Å². The van der Waals surface area contributed by atoms with Crippen molar-refractivity contribution in [2.75, 3.05) is 12.4 Å². The Balaban J connectivity index is 1.47. The third kappa shape index (κ3) is 5.46. The summed E-state index contributed by atoms with van der Waals surface area (Å²) in [5.74, 6) is 0.602. The van der Waals surface area contributed by atoms with Crippen molar-refractivity contribution in [1.82, 2.24) is 5.32 Å². The van der Waals surface area contributed by atoms with E-state index in [1.165, 1.54) is 5.56 Å². The Kier molecular flexibility index (Phi) is 6.40. The molecule has 0 radical (unpaired) electrons. The predicted molar refractivity (Wildman–Crippen MR) is 123 cm³/mol. The van der Waals surface area contributed by atoms with Gasteiger partial charge in [-0.15, -0.1) is 0 Å². The van der Waals surface area contributed by atoms with Gasteiger partial charge in [0.1, 0.15) is 18.1 Å². The summed E-state index contributed by atoms with van der Waals surface area (Å²) in [6, 6.07) is 20.3. The number of carbonyl (C=O) groups is 2. The van der Waals surface area contributed by atoms with Crippen LogP contribution in [0.4, 0.5) is 5.69 Å². The predicted octanol–water partition coefficient (Wildman–Crippen LogP) is 4.73. The summed E-state index contributed by atoms with van der Waals surface area (Å²) in [4.78, 5) is 25.6. The van der Waals surface area contributed by atoms with E-state index in [1.54, 1.807) is 43.5 Å². The van der Waals surface area contributed by atoms with Crippen molar-refractivity contribution in [1.29, 1.82) is 0 Å². The van der Waals surface area contributed by atoms with Crippen LogP contribution in [0.2, 0.25) is 0 Å². The Hall–Kier alpha value is -3.80. The van der Waals surface area contributed by atoms with E-state index in [0.717, 1.165) is 18.4 Å². The minimum absolute atomic E-state index is 0.208. The van der Waals surface area contributed by atoms with Gasteiger partial charge in [0.15, 0.2) is 0 Å². The van der Waals surface area contributed by atoms with Crippen LogP contribution >= 0.6 is 0 Å². The third-order valence-corrected chi connectivity index (χ3v) is 5.22. The summed E-state index contributed by atoms with van der Waals surface area (Å²) in [7, 11) is 1.54. The number of hydrogen-bond donors (Lipinski definition) is 2. The zero-order valence-electron chi connectivity index (χ0n) is 18.2. The van der Waals surface area contributed by atoms with E-state index < -0.39 is 0 Å². The molecule has 32 heavy (non-hydrogen) atoms. The molecule has 2 N–H and O–H groups in total. The maximum atomic E-state index is 12.9. The molecular weight excluding hydrogens is 404 g/mol. The molecule has 3 aromatic rings. The number of hydrogen-bond acceptors (Lipinski definition) is 4. The summed E-state index contributed by atoms with van der Waals surface area (Å²) in [6.07, 6.45) is 1.96. The van der Waals surface area contributed by atoms with Gasteiger partial charge in [-0.1, -0.05) is 35.9 Å². The van der Waals surface area contributed by atoms with E-state index in [2.05, 4.69) is 16.7 Å². The van der Waals surface area contributed by atoms with Crippen molar-refractivity contribution in [3.63, 3.8) is 0 Å². The number of carbonyl (C=O) groups excluding carboxylic acids is 2. The van der Waals surface area contributed by atoms with Crippen LogP contribution in [0.1, 0.15) is 44.7 Å². The van der Waals surface area contributed by atoms with Gasteiger partial charge in [0.2, 0.25) is 0 Å². The fourth-order valence-corrected chi connectivity index (χ4v) is 3.33. The van der Waals surface area contributed by atoms with Crippen molar-refractivity contribution < 1.29 is 19.1 Å². The molecule has 6 heteroatoms. The number of anilines is 1. The first kappa shape index (κ1) is 21.4. The van der Waals surface area contributed by atoms with Crippen molar-refractivity contribution in [2.45, 2.75) is 32.4 Å². The quantitative estimate of drug-likeness (QED) is 0.542. The van der Waals surface area contributed by atoms with Crippen LogP contribution in [0.3, 0.4) is 0 Å². The molecule has 6 nitrogen and oxygen atoms in total.